The molecule has 5 nitrogen and oxygen atoms in total. The van der Waals surface area contributed by atoms with Crippen molar-refractivity contribution in [2.24, 2.45) is 5.92 Å². The van der Waals surface area contributed by atoms with Gasteiger partial charge in [-0.05, 0) is 18.1 Å². The van der Waals surface area contributed by atoms with Crippen LogP contribution in [0.15, 0.2) is 17.0 Å². The predicted octanol–water partition coefficient (Wildman–Crippen LogP) is 2.52. The lowest BCUT2D eigenvalue weighted by molar-refractivity contribution is -0.140. The molecule has 0 heterocycles. The van der Waals surface area contributed by atoms with Gasteiger partial charge in [-0.25, -0.2) is 12.8 Å². The Morgan fingerprint density at radius 3 is 2.10 bits per heavy atom. The maximum Gasteiger partial charge on any atom is 0.322 e. The molecule has 0 bridgehead atoms. The number of sulfonamides is 1. The number of rotatable bonds is 5. The molecule has 1 aromatic rings. The van der Waals surface area contributed by atoms with Gasteiger partial charge in [0.2, 0.25) is 10.0 Å². The maximum absolute atomic E-state index is 13.0. The van der Waals surface area contributed by atoms with Gasteiger partial charge in [0.15, 0.2) is 0 Å². The SMILES string of the molecule is CC(C)C(NS(=O)(=O)c1c(Cl)cc(F)cc1Cl)C(=O)O. The largest absolute Gasteiger partial charge is 0.480 e. The molecule has 2 N–H and O–H groups in total. The number of nitrogens with one attached hydrogen (secondary N) is 1. The van der Waals surface area contributed by atoms with Gasteiger partial charge in [-0.2, -0.15) is 4.72 Å². The molecule has 1 unspecified atom stereocenters. The molecule has 1 rings (SSSR count). The zero-order valence-corrected chi connectivity index (χ0v) is 12.9. The molecule has 0 aliphatic rings. The van der Waals surface area contributed by atoms with E-state index in [-0.39, 0.29) is 0 Å². The van der Waals surface area contributed by atoms with Crippen LogP contribution in [0.5, 0.6) is 0 Å². The molecule has 0 aliphatic heterocycles. The van der Waals surface area contributed by atoms with Gasteiger partial charge >= 0.3 is 5.97 Å². The summed E-state index contributed by atoms with van der Waals surface area (Å²) in [6, 6.07) is 0.220. The average Bonchev–Trinajstić information content (AvgIpc) is 2.23. The lowest BCUT2D eigenvalue weighted by Crippen LogP contribution is -2.44. The van der Waals surface area contributed by atoms with Crippen LogP contribution in [0.1, 0.15) is 13.8 Å². The lowest BCUT2D eigenvalue weighted by atomic mass is 10.1. The highest BCUT2D eigenvalue weighted by atomic mass is 35.5. The third-order valence-electron chi connectivity index (χ3n) is 2.45. The van der Waals surface area contributed by atoms with Gasteiger partial charge in [-0.3, -0.25) is 4.79 Å². The van der Waals surface area contributed by atoms with Crippen molar-refractivity contribution in [3.8, 4) is 0 Å². The van der Waals surface area contributed by atoms with Crippen LogP contribution in [0.25, 0.3) is 0 Å². The van der Waals surface area contributed by atoms with Gasteiger partial charge in [0.1, 0.15) is 16.8 Å². The molecule has 0 amide bonds. The van der Waals surface area contributed by atoms with Gasteiger partial charge in [0, 0.05) is 0 Å². The van der Waals surface area contributed by atoms with Gasteiger partial charge in [0.05, 0.1) is 10.0 Å². The van der Waals surface area contributed by atoms with Gasteiger partial charge < -0.3 is 5.11 Å². The highest BCUT2D eigenvalue weighted by Gasteiger charge is 2.31. The molecule has 112 valence electrons. The Kier molecular flexibility index (Phi) is 5.37. The first-order valence-corrected chi connectivity index (χ1v) is 7.70. The molecule has 1 aromatic carbocycles. The van der Waals surface area contributed by atoms with Crippen LogP contribution in [-0.2, 0) is 14.8 Å². The Bertz CT molecular complexity index is 610. The molecule has 0 saturated heterocycles. The van der Waals surface area contributed by atoms with Crippen LogP contribution in [0.2, 0.25) is 10.0 Å². The Hall–Kier alpha value is -0.890. The van der Waals surface area contributed by atoms with Crippen molar-refractivity contribution in [1.82, 2.24) is 4.72 Å². The van der Waals surface area contributed by atoms with E-state index in [9.17, 15) is 17.6 Å². The predicted molar refractivity (Wildman–Crippen MR) is 73.0 cm³/mol. The summed E-state index contributed by atoms with van der Waals surface area (Å²) in [5.41, 5.74) is 0. The zero-order valence-electron chi connectivity index (χ0n) is 10.5. The molecule has 0 aliphatic carbocycles. The van der Waals surface area contributed by atoms with E-state index in [1.54, 1.807) is 0 Å². The van der Waals surface area contributed by atoms with Gasteiger partial charge in [-0.15, -0.1) is 0 Å². The maximum atomic E-state index is 13.0. The standard InChI is InChI=1S/C11H12Cl2FNO4S/c1-5(2)9(11(16)17)15-20(18,19)10-7(12)3-6(14)4-8(10)13/h3-5,9,15H,1-2H3,(H,16,17). The number of hydrogen-bond acceptors (Lipinski definition) is 3. The minimum absolute atomic E-state index is 0.421. The molecular weight excluding hydrogens is 332 g/mol. The van der Waals surface area contributed by atoms with E-state index >= 15 is 0 Å². The molecule has 0 radical (unpaired) electrons. The van der Waals surface area contributed by atoms with Crippen LogP contribution in [0.3, 0.4) is 0 Å². The number of halogens is 3. The fourth-order valence-electron chi connectivity index (χ4n) is 1.48. The summed E-state index contributed by atoms with van der Waals surface area (Å²) in [5.74, 6) is -2.63. The zero-order chi connectivity index (χ0) is 15.7. The van der Waals surface area contributed by atoms with Crippen molar-refractivity contribution in [3.05, 3.63) is 28.0 Å². The van der Waals surface area contributed by atoms with E-state index in [4.69, 9.17) is 28.3 Å². The molecule has 9 heteroatoms. The second kappa shape index (κ2) is 6.26. The minimum Gasteiger partial charge on any atom is -0.480 e. The summed E-state index contributed by atoms with van der Waals surface area (Å²) in [7, 11) is -4.29. The van der Waals surface area contributed by atoms with Crippen LogP contribution >= 0.6 is 23.2 Å². The molecule has 0 saturated carbocycles. The second-order valence-corrected chi connectivity index (χ2v) is 6.84. The molecule has 20 heavy (non-hydrogen) atoms. The van der Waals surface area contributed by atoms with Crippen LogP contribution in [0, 0.1) is 11.7 Å². The summed E-state index contributed by atoms with van der Waals surface area (Å²) in [4.78, 5) is 10.5. The fourth-order valence-corrected chi connectivity index (χ4v) is 4.01. The van der Waals surface area contributed by atoms with E-state index in [0.29, 0.717) is 0 Å². The Morgan fingerprint density at radius 2 is 1.75 bits per heavy atom. The Balaban J connectivity index is 3.28. The third kappa shape index (κ3) is 3.82. The monoisotopic (exact) mass is 343 g/mol. The summed E-state index contributed by atoms with van der Waals surface area (Å²) >= 11 is 11.3. The van der Waals surface area contributed by atoms with E-state index in [1.165, 1.54) is 13.8 Å². The number of aliphatic carboxylic acids is 1. The molecule has 1 atom stereocenters. The smallest absolute Gasteiger partial charge is 0.322 e. The van der Waals surface area contributed by atoms with Crippen LogP contribution < -0.4 is 4.72 Å². The first kappa shape index (κ1) is 17.2. The number of hydrogen-bond donors (Lipinski definition) is 2. The average molecular weight is 344 g/mol. The van der Waals surface area contributed by atoms with Crippen molar-refractivity contribution in [2.45, 2.75) is 24.8 Å². The number of carboxylic acids is 1. The molecule has 0 aromatic heterocycles. The highest BCUT2D eigenvalue weighted by molar-refractivity contribution is 7.89. The van der Waals surface area contributed by atoms with Crippen LogP contribution in [-0.4, -0.2) is 25.5 Å². The molecule has 0 spiro atoms. The topological polar surface area (TPSA) is 83.5 Å². The first-order valence-electron chi connectivity index (χ1n) is 5.46. The second-order valence-electron chi connectivity index (χ2n) is 4.38. The summed E-state index contributed by atoms with van der Waals surface area (Å²) in [5, 5.41) is 8.14. The van der Waals surface area contributed by atoms with E-state index in [0.717, 1.165) is 12.1 Å². The number of carboxylic acid groups (broad SMARTS) is 1. The van der Waals surface area contributed by atoms with Gasteiger partial charge in [0.25, 0.3) is 0 Å². The van der Waals surface area contributed by atoms with Gasteiger partial charge in [-0.1, -0.05) is 37.0 Å². The number of carbonyl (C=O) groups is 1. The van der Waals surface area contributed by atoms with E-state index in [1.807, 2.05) is 4.72 Å². The highest BCUT2D eigenvalue weighted by Crippen LogP contribution is 2.30. The normalized spacial score (nSPS) is 13.5. The van der Waals surface area contributed by atoms with Crippen molar-refractivity contribution in [2.75, 3.05) is 0 Å². The Morgan fingerprint density at radius 1 is 1.30 bits per heavy atom. The molecular formula is C11H12Cl2FNO4S. The van der Waals surface area contributed by atoms with Crippen molar-refractivity contribution in [3.63, 3.8) is 0 Å². The van der Waals surface area contributed by atoms with Crippen molar-refractivity contribution in [1.29, 1.82) is 0 Å². The number of benzene rings is 1. The van der Waals surface area contributed by atoms with Crippen molar-refractivity contribution < 1.29 is 22.7 Å². The van der Waals surface area contributed by atoms with E-state index < -0.39 is 48.7 Å². The lowest BCUT2D eigenvalue weighted by Gasteiger charge is -2.19. The first-order chi connectivity index (χ1) is 9.06. The Labute approximate surface area is 125 Å². The molecule has 0 fully saturated rings. The van der Waals surface area contributed by atoms with Crippen molar-refractivity contribution >= 4 is 39.2 Å². The summed E-state index contributed by atoms with van der Waals surface area (Å²) in [6.07, 6.45) is 0. The summed E-state index contributed by atoms with van der Waals surface area (Å²) in [6.45, 7) is 3.07. The fraction of sp³-hybridized carbons (Fsp3) is 0.364. The quantitative estimate of drug-likeness (QED) is 0.860. The van der Waals surface area contributed by atoms with E-state index in [2.05, 4.69) is 0 Å². The summed E-state index contributed by atoms with van der Waals surface area (Å²) < 4.78 is 39.3. The third-order valence-corrected chi connectivity index (χ3v) is 4.81. The minimum atomic E-state index is -4.29. The van der Waals surface area contributed by atoms with Crippen LogP contribution in [0.4, 0.5) is 4.39 Å².